The summed E-state index contributed by atoms with van der Waals surface area (Å²) < 4.78 is 5.59. The first-order valence-corrected chi connectivity index (χ1v) is 6.78. The van der Waals surface area contributed by atoms with Crippen molar-refractivity contribution in [3.05, 3.63) is 34.4 Å². The van der Waals surface area contributed by atoms with Crippen LogP contribution in [0.1, 0.15) is 26.2 Å². The number of rotatable bonds is 6. The van der Waals surface area contributed by atoms with Gasteiger partial charge in [-0.15, -0.1) is 0 Å². The third-order valence-electron chi connectivity index (χ3n) is 3.60. The second-order valence-corrected chi connectivity index (χ2v) is 4.98. The van der Waals surface area contributed by atoms with Gasteiger partial charge in [0.05, 0.1) is 11.5 Å². The first-order chi connectivity index (χ1) is 9.16. The zero-order valence-electron chi connectivity index (χ0n) is 11.2. The van der Waals surface area contributed by atoms with E-state index in [0.717, 1.165) is 13.0 Å². The quantitative estimate of drug-likeness (QED) is 0.450. The number of benzene rings is 1. The Morgan fingerprint density at radius 3 is 2.74 bits per heavy atom. The minimum atomic E-state index is -0.404. The molecule has 1 aliphatic rings. The normalized spacial score (nSPS) is 19.5. The van der Waals surface area contributed by atoms with Crippen LogP contribution in [0.4, 0.5) is 5.69 Å². The molecule has 0 saturated carbocycles. The van der Waals surface area contributed by atoms with Gasteiger partial charge in [-0.3, -0.25) is 10.1 Å². The van der Waals surface area contributed by atoms with Crippen molar-refractivity contribution in [3.63, 3.8) is 0 Å². The van der Waals surface area contributed by atoms with Gasteiger partial charge in [0.15, 0.2) is 0 Å². The maximum Gasteiger partial charge on any atom is 0.269 e. The van der Waals surface area contributed by atoms with E-state index in [2.05, 4.69) is 11.8 Å². The molecule has 1 saturated heterocycles. The second-order valence-electron chi connectivity index (χ2n) is 4.98. The molecule has 0 N–H and O–H groups in total. The number of nitro benzene ring substituents is 1. The van der Waals surface area contributed by atoms with Gasteiger partial charge in [0.2, 0.25) is 0 Å². The summed E-state index contributed by atoms with van der Waals surface area (Å²) in [4.78, 5) is 12.6. The molecule has 0 amide bonds. The second kappa shape index (κ2) is 6.52. The Morgan fingerprint density at radius 1 is 1.42 bits per heavy atom. The van der Waals surface area contributed by atoms with Crippen LogP contribution in [0, 0.1) is 10.1 Å². The lowest BCUT2D eigenvalue weighted by molar-refractivity contribution is -0.384. The molecular weight excluding hydrogens is 244 g/mol. The highest BCUT2D eigenvalue weighted by atomic mass is 16.6. The molecule has 0 radical (unpaired) electrons. The highest BCUT2D eigenvalue weighted by molar-refractivity contribution is 5.35. The van der Waals surface area contributed by atoms with E-state index in [1.165, 1.54) is 31.5 Å². The Morgan fingerprint density at radius 2 is 2.16 bits per heavy atom. The van der Waals surface area contributed by atoms with Gasteiger partial charge in [0.25, 0.3) is 5.69 Å². The zero-order valence-corrected chi connectivity index (χ0v) is 11.2. The van der Waals surface area contributed by atoms with Crippen molar-refractivity contribution in [2.24, 2.45) is 0 Å². The molecule has 5 heteroatoms. The van der Waals surface area contributed by atoms with Crippen LogP contribution in [0.2, 0.25) is 0 Å². The summed E-state index contributed by atoms with van der Waals surface area (Å²) in [5.41, 5.74) is 0.0956. The lowest BCUT2D eigenvalue weighted by Crippen LogP contribution is -2.28. The highest BCUT2D eigenvalue weighted by Crippen LogP contribution is 2.18. The molecule has 1 atom stereocenters. The number of non-ortho nitro benzene ring substituents is 1. The molecule has 1 aromatic carbocycles. The standard InChI is InChI=1S/C14H20N2O3/c1-12-4-2-9-15(12)10-3-11-19-14-7-5-13(6-8-14)16(17)18/h5-8,12H,2-4,9-11H2,1H3/t12-/m1/s1. The average Bonchev–Trinajstić information content (AvgIpc) is 2.81. The van der Waals surface area contributed by atoms with Crippen molar-refractivity contribution in [3.8, 4) is 5.75 Å². The van der Waals surface area contributed by atoms with Crippen LogP contribution < -0.4 is 4.74 Å². The van der Waals surface area contributed by atoms with Gasteiger partial charge < -0.3 is 9.64 Å². The Balaban J connectivity index is 1.69. The minimum Gasteiger partial charge on any atom is -0.494 e. The van der Waals surface area contributed by atoms with E-state index in [4.69, 9.17) is 4.74 Å². The van der Waals surface area contributed by atoms with Gasteiger partial charge in [0, 0.05) is 24.7 Å². The van der Waals surface area contributed by atoms with Gasteiger partial charge >= 0.3 is 0 Å². The van der Waals surface area contributed by atoms with Crippen molar-refractivity contribution in [1.82, 2.24) is 4.90 Å². The molecule has 0 aromatic heterocycles. The Kier molecular flexibility index (Phi) is 4.74. The predicted octanol–water partition coefficient (Wildman–Crippen LogP) is 2.85. The first-order valence-electron chi connectivity index (χ1n) is 6.78. The molecule has 19 heavy (non-hydrogen) atoms. The highest BCUT2D eigenvalue weighted by Gasteiger charge is 2.18. The summed E-state index contributed by atoms with van der Waals surface area (Å²) >= 11 is 0. The molecular formula is C14H20N2O3. The number of likely N-dealkylation sites (tertiary alicyclic amines) is 1. The molecule has 2 rings (SSSR count). The summed E-state index contributed by atoms with van der Waals surface area (Å²) in [6, 6.07) is 6.93. The number of nitrogens with zero attached hydrogens (tertiary/aromatic N) is 2. The summed E-state index contributed by atoms with van der Waals surface area (Å²) in [6.07, 6.45) is 3.58. The zero-order chi connectivity index (χ0) is 13.7. The first kappa shape index (κ1) is 13.8. The molecule has 1 fully saturated rings. The summed E-state index contributed by atoms with van der Waals surface area (Å²) in [5.74, 6) is 0.695. The molecule has 0 unspecified atom stereocenters. The topological polar surface area (TPSA) is 55.6 Å². The monoisotopic (exact) mass is 264 g/mol. The van der Waals surface area contributed by atoms with Crippen LogP contribution in [0.15, 0.2) is 24.3 Å². The predicted molar refractivity (Wildman–Crippen MR) is 73.5 cm³/mol. The van der Waals surface area contributed by atoms with E-state index in [0.29, 0.717) is 18.4 Å². The van der Waals surface area contributed by atoms with Crippen molar-refractivity contribution in [1.29, 1.82) is 0 Å². The van der Waals surface area contributed by atoms with Crippen molar-refractivity contribution < 1.29 is 9.66 Å². The summed E-state index contributed by atoms with van der Waals surface area (Å²) in [7, 11) is 0. The van der Waals surface area contributed by atoms with Crippen molar-refractivity contribution in [2.75, 3.05) is 19.7 Å². The SMILES string of the molecule is C[C@@H]1CCCN1CCCOc1ccc([N+](=O)[O-])cc1. The van der Waals surface area contributed by atoms with E-state index in [1.807, 2.05) is 0 Å². The molecule has 1 aromatic rings. The number of hydrogen-bond donors (Lipinski definition) is 0. The molecule has 1 heterocycles. The van der Waals surface area contributed by atoms with Gasteiger partial charge in [-0.2, -0.15) is 0 Å². The van der Waals surface area contributed by atoms with Gasteiger partial charge in [-0.05, 0) is 44.9 Å². The van der Waals surface area contributed by atoms with E-state index >= 15 is 0 Å². The Hall–Kier alpha value is -1.62. The minimum absolute atomic E-state index is 0.0956. The number of hydrogen-bond acceptors (Lipinski definition) is 4. The van der Waals surface area contributed by atoms with E-state index in [-0.39, 0.29) is 5.69 Å². The molecule has 0 bridgehead atoms. The Labute approximate surface area is 113 Å². The lowest BCUT2D eigenvalue weighted by atomic mass is 10.2. The van der Waals surface area contributed by atoms with Gasteiger partial charge in [-0.1, -0.05) is 0 Å². The molecule has 104 valence electrons. The van der Waals surface area contributed by atoms with Gasteiger partial charge in [-0.25, -0.2) is 0 Å². The van der Waals surface area contributed by atoms with Crippen LogP contribution in [0.25, 0.3) is 0 Å². The average molecular weight is 264 g/mol. The number of ether oxygens (including phenoxy) is 1. The largest absolute Gasteiger partial charge is 0.494 e. The van der Waals surface area contributed by atoms with Crippen LogP contribution in [0.5, 0.6) is 5.75 Å². The third-order valence-corrected chi connectivity index (χ3v) is 3.60. The molecule has 0 spiro atoms. The Bertz CT molecular complexity index is 419. The summed E-state index contributed by atoms with van der Waals surface area (Å²) in [5, 5.41) is 10.5. The summed E-state index contributed by atoms with van der Waals surface area (Å²) in [6.45, 7) is 5.18. The van der Waals surface area contributed by atoms with E-state index < -0.39 is 4.92 Å². The van der Waals surface area contributed by atoms with Crippen LogP contribution in [-0.4, -0.2) is 35.6 Å². The van der Waals surface area contributed by atoms with Crippen molar-refractivity contribution in [2.45, 2.75) is 32.2 Å². The van der Waals surface area contributed by atoms with Gasteiger partial charge in [0.1, 0.15) is 5.75 Å². The third kappa shape index (κ3) is 3.92. The lowest BCUT2D eigenvalue weighted by Gasteiger charge is -2.20. The molecule has 1 aliphatic heterocycles. The fraction of sp³-hybridized carbons (Fsp3) is 0.571. The fourth-order valence-corrected chi connectivity index (χ4v) is 2.45. The van der Waals surface area contributed by atoms with Crippen molar-refractivity contribution >= 4 is 5.69 Å². The van der Waals surface area contributed by atoms with E-state index in [1.54, 1.807) is 12.1 Å². The van der Waals surface area contributed by atoms with Crippen LogP contribution >= 0.6 is 0 Å². The smallest absolute Gasteiger partial charge is 0.269 e. The fourth-order valence-electron chi connectivity index (χ4n) is 2.45. The van der Waals surface area contributed by atoms with Crippen LogP contribution in [-0.2, 0) is 0 Å². The maximum absolute atomic E-state index is 10.5. The molecule has 5 nitrogen and oxygen atoms in total. The number of nitro groups is 1. The van der Waals surface area contributed by atoms with Crippen LogP contribution in [0.3, 0.4) is 0 Å². The van der Waals surface area contributed by atoms with E-state index in [9.17, 15) is 10.1 Å². The molecule has 0 aliphatic carbocycles. The maximum atomic E-state index is 10.5.